The third-order valence-electron chi connectivity index (χ3n) is 6.40. The van der Waals surface area contributed by atoms with Crippen molar-refractivity contribution in [3.05, 3.63) is 94.9 Å². The Hall–Kier alpha value is -3.77. The molecule has 1 aromatic heterocycles. The molecule has 0 fully saturated rings. The van der Waals surface area contributed by atoms with E-state index in [2.05, 4.69) is 25.2 Å². The number of hydrogen-bond donors (Lipinski definition) is 1. The predicted octanol–water partition coefficient (Wildman–Crippen LogP) is 7.33. The fourth-order valence-electron chi connectivity index (χ4n) is 4.48. The maximum Gasteiger partial charge on any atom is 0.341 e. The van der Waals surface area contributed by atoms with Crippen molar-refractivity contribution >= 4 is 16.9 Å². The summed E-state index contributed by atoms with van der Waals surface area (Å²) >= 11 is 0. The lowest BCUT2D eigenvalue weighted by Crippen LogP contribution is -2.23. The second kappa shape index (κ2) is 11.1. The fraction of sp³-hybridized carbons (Fsp3) is 0.290. The summed E-state index contributed by atoms with van der Waals surface area (Å²) in [5.41, 5.74) is 4.71. The molecule has 192 valence electrons. The minimum absolute atomic E-state index is 0.0484. The molecule has 0 radical (unpaired) electrons. The number of aromatic nitrogens is 1. The third kappa shape index (κ3) is 5.81. The molecule has 0 bridgehead atoms. The summed E-state index contributed by atoms with van der Waals surface area (Å²) in [6.07, 6.45) is -0.345. The molecule has 0 spiro atoms. The van der Waals surface area contributed by atoms with Crippen LogP contribution >= 0.6 is 0 Å². The summed E-state index contributed by atoms with van der Waals surface area (Å²) in [6.45, 7) is 9.32. The van der Waals surface area contributed by atoms with Crippen LogP contribution in [0.15, 0.2) is 66.7 Å². The van der Waals surface area contributed by atoms with Crippen LogP contribution in [0.1, 0.15) is 67.0 Å². The molecule has 1 N–H and O–H groups in total. The third-order valence-corrected chi connectivity index (χ3v) is 6.40. The molecule has 0 saturated carbocycles. The maximum atomic E-state index is 14.9. The molecule has 1 heterocycles. The Morgan fingerprint density at radius 3 is 2.43 bits per heavy atom. The Balaban J connectivity index is 1.76. The number of ether oxygens (including phenoxy) is 2. The number of hydrogen-bond acceptors (Lipinski definition) is 5. The first-order valence-electron chi connectivity index (χ1n) is 12.5. The Labute approximate surface area is 217 Å². The van der Waals surface area contributed by atoms with Crippen molar-refractivity contribution in [2.45, 2.75) is 52.8 Å². The number of aryl methyl sites for hydroxylation is 1. The summed E-state index contributed by atoms with van der Waals surface area (Å²) in [5, 5.41) is 4.55. The number of nitrogens with one attached hydrogen (secondary N) is 1. The van der Waals surface area contributed by atoms with Crippen molar-refractivity contribution in [3.63, 3.8) is 0 Å². The fourth-order valence-corrected chi connectivity index (χ4v) is 4.48. The highest BCUT2D eigenvalue weighted by Crippen LogP contribution is 2.33. The molecule has 4 aromatic rings. The van der Waals surface area contributed by atoms with Crippen LogP contribution in [-0.4, -0.2) is 24.2 Å². The molecule has 4 rings (SSSR count). The van der Waals surface area contributed by atoms with Gasteiger partial charge < -0.3 is 14.8 Å². The molecule has 1 unspecified atom stereocenters. The van der Waals surface area contributed by atoms with E-state index < -0.39 is 11.8 Å². The van der Waals surface area contributed by atoms with E-state index >= 15 is 0 Å². The summed E-state index contributed by atoms with van der Waals surface area (Å²) < 4.78 is 25.6. The molecule has 0 aliphatic heterocycles. The van der Waals surface area contributed by atoms with Gasteiger partial charge in [-0.15, -0.1) is 0 Å². The molecule has 37 heavy (non-hydrogen) atoms. The van der Waals surface area contributed by atoms with Crippen LogP contribution in [0.5, 0.6) is 5.75 Å². The summed E-state index contributed by atoms with van der Waals surface area (Å²) in [5.74, 6) is -0.420. The predicted molar refractivity (Wildman–Crippen MR) is 145 cm³/mol. The standard InChI is InChI=1S/C31H33FN2O3/c1-18(2)37-31(35)27-16-23(14-19(3)30(27)32)26-17-29(34-28-13-8-7-12-25(26)28)21(5)33-20(4)22-10-9-11-24(15-22)36-6/h7-18,20-21,33H,1-6H3/t20-,21?/m1/s1. The minimum atomic E-state index is -0.668. The first kappa shape index (κ1) is 26.3. The lowest BCUT2D eigenvalue weighted by Gasteiger charge is -2.22. The Morgan fingerprint density at radius 1 is 0.946 bits per heavy atom. The molecule has 0 aliphatic carbocycles. The molecule has 5 nitrogen and oxygen atoms in total. The summed E-state index contributed by atoms with van der Waals surface area (Å²) in [6, 6.07) is 21.1. The first-order chi connectivity index (χ1) is 17.7. The van der Waals surface area contributed by atoms with E-state index in [-0.39, 0.29) is 23.8 Å². The molecule has 0 aliphatic rings. The van der Waals surface area contributed by atoms with E-state index in [9.17, 15) is 9.18 Å². The van der Waals surface area contributed by atoms with E-state index in [0.717, 1.165) is 39.0 Å². The van der Waals surface area contributed by atoms with Gasteiger partial charge in [0.1, 0.15) is 11.6 Å². The molecule has 0 saturated heterocycles. The number of carbonyl (C=O) groups is 1. The van der Waals surface area contributed by atoms with Gasteiger partial charge in [-0.1, -0.05) is 30.3 Å². The lowest BCUT2D eigenvalue weighted by molar-refractivity contribution is 0.0372. The van der Waals surface area contributed by atoms with E-state index in [1.54, 1.807) is 40.0 Å². The van der Waals surface area contributed by atoms with Gasteiger partial charge in [0.25, 0.3) is 0 Å². The number of para-hydroxylation sites is 1. The molecular formula is C31H33FN2O3. The van der Waals surface area contributed by atoms with Gasteiger partial charge in [0.2, 0.25) is 0 Å². The average molecular weight is 501 g/mol. The van der Waals surface area contributed by atoms with Gasteiger partial charge in [0.15, 0.2) is 0 Å². The number of benzene rings is 3. The number of methoxy groups -OCH3 is 1. The van der Waals surface area contributed by atoms with Crippen LogP contribution in [0.3, 0.4) is 0 Å². The van der Waals surface area contributed by atoms with Crippen LogP contribution in [0.4, 0.5) is 4.39 Å². The smallest absolute Gasteiger partial charge is 0.341 e. The normalized spacial score (nSPS) is 13.0. The summed E-state index contributed by atoms with van der Waals surface area (Å²) in [4.78, 5) is 17.6. The van der Waals surface area contributed by atoms with Gasteiger partial charge in [0.05, 0.1) is 30.0 Å². The Bertz CT molecular complexity index is 1430. The van der Waals surface area contributed by atoms with E-state index in [4.69, 9.17) is 14.5 Å². The average Bonchev–Trinajstić information content (AvgIpc) is 2.89. The SMILES string of the molecule is COc1cccc([C@@H](C)NC(C)c2cc(-c3cc(C)c(F)c(C(=O)OC(C)C)c3)c3ccccc3n2)c1. The van der Waals surface area contributed by atoms with Crippen LogP contribution in [0.25, 0.3) is 22.0 Å². The number of fused-ring (bicyclic) bond motifs is 1. The largest absolute Gasteiger partial charge is 0.497 e. The summed E-state index contributed by atoms with van der Waals surface area (Å²) in [7, 11) is 1.66. The van der Waals surface area contributed by atoms with Gasteiger partial charge >= 0.3 is 5.97 Å². The zero-order valence-corrected chi connectivity index (χ0v) is 22.1. The highest BCUT2D eigenvalue weighted by Gasteiger charge is 2.21. The maximum absolute atomic E-state index is 14.9. The molecule has 2 atom stereocenters. The number of esters is 1. The van der Waals surface area contributed by atoms with Crippen molar-refractivity contribution in [3.8, 4) is 16.9 Å². The number of halogens is 1. The van der Waals surface area contributed by atoms with Crippen LogP contribution in [0.2, 0.25) is 0 Å². The van der Waals surface area contributed by atoms with Crippen molar-refractivity contribution in [2.24, 2.45) is 0 Å². The monoisotopic (exact) mass is 500 g/mol. The molecular weight excluding hydrogens is 467 g/mol. The lowest BCUT2D eigenvalue weighted by atomic mass is 9.95. The number of pyridine rings is 1. The van der Waals surface area contributed by atoms with Gasteiger partial charge in [-0.3, -0.25) is 4.98 Å². The van der Waals surface area contributed by atoms with E-state index in [1.165, 1.54) is 0 Å². The first-order valence-corrected chi connectivity index (χ1v) is 12.5. The van der Waals surface area contributed by atoms with Crippen LogP contribution in [0, 0.1) is 12.7 Å². The molecule has 0 amide bonds. The Morgan fingerprint density at radius 2 is 1.70 bits per heavy atom. The van der Waals surface area contributed by atoms with Crippen molar-refractivity contribution in [2.75, 3.05) is 7.11 Å². The second-order valence-corrected chi connectivity index (χ2v) is 9.61. The second-order valence-electron chi connectivity index (χ2n) is 9.61. The van der Waals surface area contributed by atoms with E-state index in [1.807, 2.05) is 48.5 Å². The van der Waals surface area contributed by atoms with Crippen molar-refractivity contribution in [1.82, 2.24) is 10.3 Å². The highest BCUT2D eigenvalue weighted by molar-refractivity contribution is 5.97. The zero-order valence-electron chi connectivity index (χ0n) is 22.1. The van der Waals surface area contributed by atoms with Crippen LogP contribution in [-0.2, 0) is 4.74 Å². The topological polar surface area (TPSA) is 60.5 Å². The Kier molecular flexibility index (Phi) is 7.89. The quantitative estimate of drug-likeness (QED) is 0.257. The van der Waals surface area contributed by atoms with Crippen molar-refractivity contribution in [1.29, 1.82) is 0 Å². The van der Waals surface area contributed by atoms with Crippen molar-refractivity contribution < 1.29 is 18.7 Å². The highest BCUT2D eigenvalue weighted by atomic mass is 19.1. The molecule has 3 aromatic carbocycles. The van der Waals surface area contributed by atoms with Gasteiger partial charge in [-0.05, 0) is 93.3 Å². The number of nitrogens with zero attached hydrogens (tertiary/aromatic N) is 1. The molecule has 6 heteroatoms. The zero-order chi connectivity index (χ0) is 26.7. The van der Waals surface area contributed by atoms with Gasteiger partial charge in [-0.25, -0.2) is 9.18 Å². The van der Waals surface area contributed by atoms with E-state index in [0.29, 0.717) is 5.56 Å². The van der Waals surface area contributed by atoms with Crippen LogP contribution < -0.4 is 10.1 Å². The van der Waals surface area contributed by atoms with Gasteiger partial charge in [0, 0.05) is 17.5 Å². The minimum Gasteiger partial charge on any atom is -0.497 e. The van der Waals surface area contributed by atoms with Gasteiger partial charge in [-0.2, -0.15) is 0 Å². The number of rotatable bonds is 8. The number of carbonyl (C=O) groups excluding carboxylic acids is 1.